The molecule has 10 heteroatoms. The van der Waals surface area contributed by atoms with Crippen LogP contribution in [-0.4, -0.2) is 89.8 Å². The summed E-state index contributed by atoms with van der Waals surface area (Å²) in [6.07, 6.45) is 3.07. The Morgan fingerprint density at radius 3 is 2.20 bits per heavy atom. The Labute approximate surface area is 197 Å². The van der Waals surface area contributed by atoms with Crippen LogP contribution in [0.3, 0.4) is 0 Å². The maximum atomic E-state index is 11.6. The highest BCUT2D eigenvalue weighted by Crippen LogP contribution is 2.21. The first-order valence-electron chi connectivity index (χ1n) is 10.2. The molecule has 0 radical (unpaired) electrons. The van der Waals surface area contributed by atoms with E-state index in [9.17, 15) is 8.42 Å². The summed E-state index contributed by atoms with van der Waals surface area (Å²) in [6, 6.07) is 8.20. The molecule has 1 aromatic carbocycles. The van der Waals surface area contributed by atoms with Crippen LogP contribution in [0.2, 0.25) is 0 Å². The smallest absolute Gasteiger partial charge is 0.211 e. The van der Waals surface area contributed by atoms with Gasteiger partial charge in [-0.1, -0.05) is 0 Å². The van der Waals surface area contributed by atoms with Crippen molar-refractivity contribution in [3.63, 3.8) is 0 Å². The Morgan fingerprint density at radius 1 is 1.10 bits per heavy atom. The molecule has 0 aromatic heterocycles. The Bertz CT molecular complexity index is 787. The van der Waals surface area contributed by atoms with Gasteiger partial charge in [-0.3, -0.25) is 4.99 Å². The van der Waals surface area contributed by atoms with Crippen LogP contribution in [0.1, 0.15) is 12.8 Å². The first-order chi connectivity index (χ1) is 13.9. The van der Waals surface area contributed by atoms with Gasteiger partial charge in [0.2, 0.25) is 10.0 Å². The molecular formula is C20H34IN5O3S. The highest BCUT2D eigenvalue weighted by atomic mass is 127. The summed E-state index contributed by atoms with van der Waals surface area (Å²) in [5, 5.41) is 3.51. The number of piperazine rings is 1. The van der Waals surface area contributed by atoms with Gasteiger partial charge in [0.05, 0.1) is 13.4 Å². The van der Waals surface area contributed by atoms with Gasteiger partial charge in [0.25, 0.3) is 0 Å². The average Bonchev–Trinajstić information content (AvgIpc) is 2.74. The molecule has 1 aromatic rings. The van der Waals surface area contributed by atoms with E-state index in [4.69, 9.17) is 4.74 Å². The third-order valence-electron chi connectivity index (χ3n) is 5.82. The molecule has 0 saturated carbocycles. The fourth-order valence-corrected chi connectivity index (χ4v) is 4.86. The second kappa shape index (κ2) is 11.4. The number of ether oxygens (including phenoxy) is 1. The first-order valence-corrected chi connectivity index (χ1v) is 12.0. The zero-order valence-electron chi connectivity index (χ0n) is 18.1. The van der Waals surface area contributed by atoms with Crippen molar-refractivity contribution in [1.29, 1.82) is 0 Å². The van der Waals surface area contributed by atoms with Gasteiger partial charge >= 0.3 is 0 Å². The number of hydrogen-bond acceptors (Lipinski definition) is 5. The normalized spacial score (nSPS) is 19.4. The van der Waals surface area contributed by atoms with E-state index in [1.54, 1.807) is 11.4 Å². The molecule has 1 N–H and O–H groups in total. The summed E-state index contributed by atoms with van der Waals surface area (Å²) < 4.78 is 30.1. The van der Waals surface area contributed by atoms with E-state index in [0.717, 1.165) is 57.3 Å². The summed E-state index contributed by atoms with van der Waals surface area (Å²) >= 11 is 0. The topological polar surface area (TPSA) is 77.5 Å². The lowest BCUT2D eigenvalue weighted by Crippen LogP contribution is -2.53. The predicted molar refractivity (Wildman–Crippen MR) is 133 cm³/mol. The van der Waals surface area contributed by atoms with Crippen LogP contribution in [-0.2, 0) is 10.0 Å². The quantitative estimate of drug-likeness (QED) is 0.341. The Hall–Kier alpha value is -1.27. The van der Waals surface area contributed by atoms with Crippen molar-refractivity contribution in [1.82, 2.24) is 14.5 Å². The lowest BCUT2D eigenvalue weighted by atomic mass is 9.98. The van der Waals surface area contributed by atoms with E-state index in [1.807, 2.05) is 19.2 Å². The Balaban J connectivity index is 0.00000320. The summed E-state index contributed by atoms with van der Waals surface area (Å²) in [7, 11) is 0.441. The van der Waals surface area contributed by atoms with Crippen molar-refractivity contribution in [2.24, 2.45) is 10.9 Å². The number of nitrogens with zero attached hydrogens (tertiary/aromatic N) is 4. The molecule has 30 heavy (non-hydrogen) atoms. The predicted octanol–water partition coefficient (Wildman–Crippen LogP) is 1.68. The molecule has 0 bridgehead atoms. The molecule has 0 unspecified atom stereocenters. The molecule has 2 aliphatic heterocycles. The highest BCUT2D eigenvalue weighted by Gasteiger charge is 2.26. The van der Waals surface area contributed by atoms with Crippen LogP contribution in [0.4, 0.5) is 5.69 Å². The van der Waals surface area contributed by atoms with E-state index in [2.05, 4.69) is 32.2 Å². The van der Waals surface area contributed by atoms with E-state index >= 15 is 0 Å². The van der Waals surface area contributed by atoms with Gasteiger partial charge in [0.15, 0.2) is 5.96 Å². The molecule has 0 aliphatic carbocycles. The third kappa shape index (κ3) is 6.61. The standard InChI is InChI=1S/C20H33N5O3S.HI/c1-21-20(22-16-17-8-10-25(11-9-17)29(3,26)27)24-14-12-23(13-15-24)18-4-6-19(28-2)7-5-18;/h4-7,17H,8-16H2,1-3H3,(H,21,22);1H. The van der Waals surface area contributed by atoms with Crippen molar-refractivity contribution >= 4 is 45.6 Å². The molecule has 3 rings (SSSR count). The molecule has 2 heterocycles. The summed E-state index contributed by atoms with van der Waals surface area (Å²) in [5.74, 6) is 2.29. The second-order valence-corrected chi connectivity index (χ2v) is 9.69. The average molecular weight is 551 g/mol. The molecule has 170 valence electrons. The van der Waals surface area contributed by atoms with Gasteiger partial charge < -0.3 is 19.9 Å². The number of anilines is 1. The van der Waals surface area contributed by atoms with Gasteiger partial charge in [0, 0.05) is 58.5 Å². The number of rotatable bonds is 5. The third-order valence-corrected chi connectivity index (χ3v) is 7.12. The Morgan fingerprint density at radius 2 is 1.70 bits per heavy atom. The molecule has 2 saturated heterocycles. The van der Waals surface area contributed by atoms with Crippen molar-refractivity contribution in [2.45, 2.75) is 12.8 Å². The summed E-state index contributed by atoms with van der Waals surface area (Å²) in [6.45, 7) is 5.79. The first kappa shape index (κ1) is 25.0. The fourth-order valence-electron chi connectivity index (χ4n) is 3.98. The summed E-state index contributed by atoms with van der Waals surface area (Å²) in [4.78, 5) is 9.14. The van der Waals surface area contributed by atoms with Crippen LogP contribution >= 0.6 is 24.0 Å². The van der Waals surface area contributed by atoms with Crippen molar-refractivity contribution < 1.29 is 13.2 Å². The van der Waals surface area contributed by atoms with Crippen LogP contribution in [0.5, 0.6) is 5.75 Å². The highest BCUT2D eigenvalue weighted by molar-refractivity contribution is 14.0. The van der Waals surface area contributed by atoms with Crippen LogP contribution in [0.25, 0.3) is 0 Å². The number of hydrogen-bond donors (Lipinski definition) is 1. The number of methoxy groups -OCH3 is 1. The number of halogens is 1. The molecule has 8 nitrogen and oxygen atoms in total. The number of piperidine rings is 1. The van der Waals surface area contributed by atoms with Gasteiger partial charge in [-0.05, 0) is 43.0 Å². The van der Waals surface area contributed by atoms with Crippen LogP contribution < -0.4 is 15.0 Å². The SMILES string of the molecule is CN=C(NCC1CCN(S(C)(=O)=O)CC1)N1CCN(c2ccc(OC)cc2)CC1.I. The summed E-state index contributed by atoms with van der Waals surface area (Å²) in [5.41, 5.74) is 1.21. The minimum atomic E-state index is -3.07. The zero-order chi connectivity index (χ0) is 20.9. The van der Waals surface area contributed by atoms with E-state index in [-0.39, 0.29) is 24.0 Å². The number of guanidine groups is 1. The lowest BCUT2D eigenvalue weighted by Gasteiger charge is -2.38. The fraction of sp³-hybridized carbons (Fsp3) is 0.650. The number of nitrogens with one attached hydrogen (secondary N) is 1. The second-order valence-electron chi connectivity index (χ2n) is 7.71. The molecule has 0 amide bonds. The minimum Gasteiger partial charge on any atom is -0.497 e. The van der Waals surface area contributed by atoms with Gasteiger partial charge in [-0.15, -0.1) is 24.0 Å². The van der Waals surface area contributed by atoms with Crippen LogP contribution in [0.15, 0.2) is 29.3 Å². The van der Waals surface area contributed by atoms with Crippen molar-refractivity contribution in [2.75, 3.05) is 71.1 Å². The molecule has 0 spiro atoms. The minimum absolute atomic E-state index is 0. The number of aliphatic imine (C=N–C) groups is 1. The molecule has 0 atom stereocenters. The van der Waals surface area contributed by atoms with Crippen LogP contribution in [0, 0.1) is 5.92 Å². The zero-order valence-corrected chi connectivity index (χ0v) is 21.2. The van der Waals surface area contributed by atoms with E-state index < -0.39 is 10.0 Å². The lowest BCUT2D eigenvalue weighted by molar-refractivity contribution is 0.271. The van der Waals surface area contributed by atoms with E-state index in [1.165, 1.54) is 11.9 Å². The molecule has 2 fully saturated rings. The number of sulfonamides is 1. The largest absolute Gasteiger partial charge is 0.497 e. The number of benzene rings is 1. The van der Waals surface area contributed by atoms with E-state index in [0.29, 0.717) is 19.0 Å². The van der Waals surface area contributed by atoms with Gasteiger partial charge in [-0.2, -0.15) is 0 Å². The van der Waals surface area contributed by atoms with Crippen molar-refractivity contribution in [3.05, 3.63) is 24.3 Å². The molecular weight excluding hydrogens is 517 g/mol. The van der Waals surface area contributed by atoms with Gasteiger partial charge in [0.1, 0.15) is 5.75 Å². The monoisotopic (exact) mass is 551 g/mol. The van der Waals surface area contributed by atoms with Crippen molar-refractivity contribution in [3.8, 4) is 5.75 Å². The molecule has 2 aliphatic rings. The maximum absolute atomic E-state index is 11.6. The maximum Gasteiger partial charge on any atom is 0.211 e. The Kier molecular flexibility index (Phi) is 9.48. The van der Waals surface area contributed by atoms with Gasteiger partial charge in [-0.25, -0.2) is 12.7 Å².